The number of carboxylic acids is 1. The first-order valence-corrected chi connectivity index (χ1v) is 6.11. The van der Waals surface area contributed by atoms with Crippen LogP contribution in [0, 0.1) is 0 Å². The van der Waals surface area contributed by atoms with Gasteiger partial charge in [0.05, 0.1) is 18.4 Å². The molecule has 0 aliphatic carbocycles. The van der Waals surface area contributed by atoms with Gasteiger partial charge in [-0.2, -0.15) is 5.10 Å². The van der Waals surface area contributed by atoms with E-state index in [1.807, 2.05) is 10.7 Å². The monoisotopic (exact) mass is 260 g/mol. The zero-order chi connectivity index (χ0) is 13.8. The number of carbonyl (C=O) groups is 1. The lowest BCUT2D eigenvalue weighted by Crippen LogP contribution is -2.03. The van der Waals surface area contributed by atoms with Crippen LogP contribution in [0.3, 0.4) is 0 Å². The fourth-order valence-electron chi connectivity index (χ4n) is 1.99. The van der Waals surface area contributed by atoms with Gasteiger partial charge in [0.25, 0.3) is 0 Å². The van der Waals surface area contributed by atoms with E-state index in [9.17, 15) is 4.79 Å². The number of carboxylic acid groups (broad SMARTS) is 1. The Morgan fingerprint density at radius 3 is 2.84 bits per heavy atom. The molecule has 1 aromatic carbocycles. The van der Waals surface area contributed by atoms with Crippen molar-refractivity contribution in [3.8, 4) is 17.0 Å². The van der Waals surface area contributed by atoms with Crippen molar-refractivity contribution in [1.82, 2.24) is 9.78 Å². The minimum absolute atomic E-state index is 0.236. The minimum Gasteiger partial charge on any atom is -0.496 e. The number of nitrogens with zero attached hydrogens (tertiary/aromatic N) is 2. The van der Waals surface area contributed by atoms with Crippen LogP contribution in [0.5, 0.6) is 5.75 Å². The second-order valence-corrected chi connectivity index (χ2v) is 4.16. The number of benzene rings is 1. The maximum absolute atomic E-state index is 11.1. The highest BCUT2D eigenvalue weighted by atomic mass is 16.5. The summed E-state index contributed by atoms with van der Waals surface area (Å²) in [6.45, 7) is 2.85. The third kappa shape index (κ3) is 2.59. The van der Waals surface area contributed by atoms with Crippen LogP contribution >= 0.6 is 0 Å². The smallest absolute Gasteiger partial charge is 0.335 e. The molecule has 1 heterocycles. The van der Waals surface area contributed by atoms with E-state index in [1.54, 1.807) is 25.4 Å². The molecule has 0 saturated heterocycles. The molecule has 0 aliphatic heterocycles. The second kappa shape index (κ2) is 5.56. The Morgan fingerprint density at radius 2 is 2.21 bits per heavy atom. The summed E-state index contributed by atoms with van der Waals surface area (Å²) >= 11 is 0. The van der Waals surface area contributed by atoms with Gasteiger partial charge in [-0.25, -0.2) is 4.79 Å². The normalized spacial score (nSPS) is 10.4. The Kier molecular flexibility index (Phi) is 3.85. The van der Waals surface area contributed by atoms with Crippen LogP contribution in [0.2, 0.25) is 0 Å². The van der Waals surface area contributed by atoms with Crippen molar-refractivity contribution >= 4 is 5.97 Å². The number of aromatic carboxylic acids is 1. The summed E-state index contributed by atoms with van der Waals surface area (Å²) in [6, 6.07) is 6.68. The predicted molar refractivity (Wildman–Crippen MR) is 71.5 cm³/mol. The molecule has 0 amide bonds. The molecule has 5 nitrogen and oxygen atoms in total. The van der Waals surface area contributed by atoms with Crippen LogP contribution in [0.1, 0.15) is 23.7 Å². The third-order valence-corrected chi connectivity index (χ3v) is 2.87. The summed E-state index contributed by atoms with van der Waals surface area (Å²) in [7, 11) is 1.57. The van der Waals surface area contributed by atoms with Gasteiger partial charge in [-0.05, 0) is 30.7 Å². The van der Waals surface area contributed by atoms with Crippen LogP contribution in [-0.2, 0) is 6.54 Å². The van der Waals surface area contributed by atoms with Gasteiger partial charge in [-0.1, -0.05) is 6.92 Å². The first kappa shape index (κ1) is 13.1. The van der Waals surface area contributed by atoms with Gasteiger partial charge in [0.1, 0.15) is 5.75 Å². The van der Waals surface area contributed by atoms with E-state index >= 15 is 0 Å². The minimum atomic E-state index is -0.953. The zero-order valence-electron chi connectivity index (χ0n) is 11.0. The van der Waals surface area contributed by atoms with Crippen molar-refractivity contribution in [2.45, 2.75) is 19.9 Å². The van der Waals surface area contributed by atoms with Gasteiger partial charge in [-0.3, -0.25) is 4.68 Å². The van der Waals surface area contributed by atoms with Crippen LogP contribution in [0.4, 0.5) is 0 Å². The summed E-state index contributed by atoms with van der Waals surface area (Å²) in [5, 5.41) is 13.3. The standard InChI is InChI=1S/C14H16N2O3/c1-3-8-16-12(6-7-15-16)11-9-10(14(17)18)4-5-13(11)19-2/h4-7,9H,3,8H2,1-2H3,(H,17,18). The lowest BCUT2D eigenvalue weighted by molar-refractivity contribution is 0.0697. The molecular weight excluding hydrogens is 244 g/mol. The van der Waals surface area contributed by atoms with Crippen molar-refractivity contribution in [2.24, 2.45) is 0 Å². The molecule has 0 bridgehead atoms. The summed E-state index contributed by atoms with van der Waals surface area (Å²) in [6.07, 6.45) is 2.66. The summed E-state index contributed by atoms with van der Waals surface area (Å²) in [5.74, 6) is -0.312. The molecule has 5 heteroatoms. The zero-order valence-corrected chi connectivity index (χ0v) is 11.0. The van der Waals surface area contributed by atoms with Gasteiger partial charge in [-0.15, -0.1) is 0 Å². The predicted octanol–water partition coefficient (Wildman–Crippen LogP) is 2.67. The van der Waals surface area contributed by atoms with E-state index in [0.717, 1.165) is 24.2 Å². The van der Waals surface area contributed by atoms with Crippen molar-refractivity contribution in [3.63, 3.8) is 0 Å². The molecule has 1 N–H and O–H groups in total. The maximum atomic E-state index is 11.1. The lowest BCUT2D eigenvalue weighted by atomic mass is 10.1. The number of methoxy groups -OCH3 is 1. The molecule has 0 radical (unpaired) electrons. The molecule has 0 unspecified atom stereocenters. The summed E-state index contributed by atoms with van der Waals surface area (Å²) < 4.78 is 7.15. The first-order chi connectivity index (χ1) is 9.17. The van der Waals surface area contributed by atoms with Gasteiger partial charge in [0.2, 0.25) is 0 Å². The number of ether oxygens (including phenoxy) is 1. The number of hydrogen-bond acceptors (Lipinski definition) is 3. The summed E-state index contributed by atoms with van der Waals surface area (Å²) in [4.78, 5) is 11.1. The molecule has 0 aliphatic rings. The molecule has 0 spiro atoms. The third-order valence-electron chi connectivity index (χ3n) is 2.87. The molecule has 1 aromatic heterocycles. The Labute approximate surface area is 111 Å². The second-order valence-electron chi connectivity index (χ2n) is 4.16. The lowest BCUT2D eigenvalue weighted by Gasteiger charge is -2.11. The van der Waals surface area contributed by atoms with E-state index in [0.29, 0.717) is 5.75 Å². The molecule has 2 aromatic rings. The first-order valence-electron chi connectivity index (χ1n) is 6.11. The van der Waals surface area contributed by atoms with E-state index in [4.69, 9.17) is 9.84 Å². The van der Waals surface area contributed by atoms with Gasteiger partial charge in [0, 0.05) is 18.3 Å². The molecule has 19 heavy (non-hydrogen) atoms. The molecule has 100 valence electrons. The van der Waals surface area contributed by atoms with Crippen molar-refractivity contribution in [3.05, 3.63) is 36.0 Å². The topological polar surface area (TPSA) is 64.4 Å². The van der Waals surface area contributed by atoms with Crippen LogP contribution in [0.25, 0.3) is 11.3 Å². The van der Waals surface area contributed by atoms with E-state index in [1.165, 1.54) is 6.07 Å². The van der Waals surface area contributed by atoms with Crippen molar-refractivity contribution in [2.75, 3.05) is 7.11 Å². The number of hydrogen-bond donors (Lipinski definition) is 1. The van der Waals surface area contributed by atoms with Gasteiger partial charge < -0.3 is 9.84 Å². The summed E-state index contributed by atoms with van der Waals surface area (Å²) in [5.41, 5.74) is 1.84. The average Bonchev–Trinajstić information content (AvgIpc) is 2.86. The molecule has 0 fully saturated rings. The van der Waals surface area contributed by atoms with Crippen LogP contribution in [0.15, 0.2) is 30.5 Å². The molecular formula is C14H16N2O3. The van der Waals surface area contributed by atoms with E-state index < -0.39 is 5.97 Å². The van der Waals surface area contributed by atoms with Crippen LogP contribution < -0.4 is 4.74 Å². The molecule has 0 atom stereocenters. The molecule has 0 saturated carbocycles. The number of rotatable bonds is 5. The average molecular weight is 260 g/mol. The Balaban J connectivity index is 2.55. The highest BCUT2D eigenvalue weighted by Crippen LogP contribution is 2.30. The van der Waals surface area contributed by atoms with E-state index in [2.05, 4.69) is 12.0 Å². The number of aromatic nitrogens is 2. The Bertz CT molecular complexity index is 590. The Hall–Kier alpha value is -2.30. The molecule has 2 rings (SSSR count). The highest BCUT2D eigenvalue weighted by Gasteiger charge is 2.14. The van der Waals surface area contributed by atoms with Crippen molar-refractivity contribution < 1.29 is 14.6 Å². The van der Waals surface area contributed by atoms with Gasteiger partial charge in [0.15, 0.2) is 0 Å². The maximum Gasteiger partial charge on any atom is 0.335 e. The number of aryl methyl sites for hydroxylation is 1. The SMILES string of the molecule is CCCn1nccc1-c1cc(C(=O)O)ccc1OC. The highest BCUT2D eigenvalue weighted by molar-refractivity contribution is 5.90. The van der Waals surface area contributed by atoms with Crippen molar-refractivity contribution in [1.29, 1.82) is 0 Å². The van der Waals surface area contributed by atoms with E-state index in [-0.39, 0.29) is 5.56 Å². The fourth-order valence-corrected chi connectivity index (χ4v) is 1.99. The van der Waals surface area contributed by atoms with Crippen LogP contribution in [-0.4, -0.2) is 28.0 Å². The fraction of sp³-hybridized carbons (Fsp3) is 0.286. The quantitative estimate of drug-likeness (QED) is 0.897. The van der Waals surface area contributed by atoms with Gasteiger partial charge >= 0.3 is 5.97 Å². The largest absolute Gasteiger partial charge is 0.496 e. The Morgan fingerprint density at radius 1 is 1.42 bits per heavy atom.